The van der Waals surface area contributed by atoms with Gasteiger partial charge in [0.05, 0.1) is 23.6 Å². The van der Waals surface area contributed by atoms with Crippen LogP contribution in [0.2, 0.25) is 0 Å². The average Bonchev–Trinajstić information content (AvgIpc) is 2.73. The Morgan fingerprint density at radius 2 is 1.87 bits per heavy atom. The van der Waals surface area contributed by atoms with Crippen molar-refractivity contribution in [3.05, 3.63) is 41.2 Å². The minimum atomic E-state index is -3.75. The Bertz CT molecular complexity index is 823. The first-order valence-corrected chi connectivity index (χ1v) is 8.54. The molecule has 23 heavy (non-hydrogen) atoms. The maximum absolute atomic E-state index is 12.5. The Morgan fingerprint density at radius 1 is 1.26 bits per heavy atom. The Morgan fingerprint density at radius 3 is 2.35 bits per heavy atom. The quantitative estimate of drug-likeness (QED) is 0.843. The number of carbonyl (C=O) groups excluding carboxylic acids is 1. The van der Waals surface area contributed by atoms with Crippen LogP contribution in [0.1, 0.15) is 28.7 Å². The van der Waals surface area contributed by atoms with Crippen LogP contribution >= 0.6 is 0 Å². The van der Waals surface area contributed by atoms with Crippen LogP contribution in [0.15, 0.2) is 29.2 Å². The molecule has 0 aliphatic heterocycles. The highest BCUT2D eigenvalue weighted by molar-refractivity contribution is 7.92. The maximum atomic E-state index is 12.5. The van der Waals surface area contributed by atoms with E-state index in [-0.39, 0.29) is 11.5 Å². The fraction of sp³-hybridized carbons (Fsp3) is 0.333. The van der Waals surface area contributed by atoms with Crippen LogP contribution < -0.4 is 4.72 Å². The molecule has 0 radical (unpaired) electrons. The van der Waals surface area contributed by atoms with E-state index >= 15 is 0 Å². The summed E-state index contributed by atoms with van der Waals surface area (Å²) in [6.45, 7) is 5.34. The minimum absolute atomic E-state index is 0.162. The number of carbonyl (C=O) groups is 1. The molecular weight excluding hydrogens is 318 g/mol. The molecular formula is C15H19N3O4S. The predicted molar refractivity (Wildman–Crippen MR) is 85.9 cm³/mol. The predicted octanol–water partition coefficient (Wildman–Crippen LogP) is 2.01. The first-order valence-electron chi connectivity index (χ1n) is 7.06. The molecule has 1 N–H and O–H groups in total. The van der Waals surface area contributed by atoms with Crippen LogP contribution in [0.5, 0.6) is 0 Å². The molecule has 124 valence electrons. The molecule has 8 heteroatoms. The maximum Gasteiger partial charge on any atom is 0.338 e. The summed E-state index contributed by atoms with van der Waals surface area (Å²) >= 11 is 0. The second-order valence-electron chi connectivity index (χ2n) is 5.03. The van der Waals surface area contributed by atoms with E-state index in [4.69, 9.17) is 4.74 Å². The van der Waals surface area contributed by atoms with Crippen molar-refractivity contribution < 1.29 is 17.9 Å². The van der Waals surface area contributed by atoms with Gasteiger partial charge in [0.2, 0.25) is 0 Å². The summed E-state index contributed by atoms with van der Waals surface area (Å²) < 4.78 is 33.9. The van der Waals surface area contributed by atoms with Crippen molar-refractivity contribution >= 4 is 21.7 Å². The molecule has 1 aromatic carbocycles. The summed E-state index contributed by atoms with van der Waals surface area (Å²) in [6, 6.07) is 6.06. The summed E-state index contributed by atoms with van der Waals surface area (Å²) in [5, 5.41) is 4.11. The van der Waals surface area contributed by atoms with Crippen molar-refractivity contribution in [1.29, 1.82) is 0 Å². The third-order valence-corrected chi connectivity index (χ3v) is 4.99. The minimum Gasteiger partial charge on any atom is -0.462 e. The molecule has 0 saturated carbocycles. The van der Waals surface area contributed by atoms with E-state index in [1.165, 1.54) is 28.9 Å². The normalized spacial score (nSPS) is 11.3. The number of nitrogens with zero attached hydrogens (tertiary/aromatic N) is 2. The summed E-state index contributed by atoms with van der Waals surface area (Å²) in [5.74, 6) is -0.444. The molecule has 0 saturated heterocycles. The van der Waals surface area contributed by atoms with Gasteiger partial charge in [0, 0.05) is 12.7 Å². The van der Waals surface area contributed by atoms with E-state index in [1.54, 1.807) is 27.8 Å². The highest BCUT2D eigenvalue weighted by atomic mass is 32.2. The lowest BCUT2D eigenvalue weighted by Crippen LogP contribution is -2.15. The summed E-state index contributed by atoms with van der Waals surface area (Å²) in [5.41, 5.74) is 1.71. The zero-order valence-corrected chi connectivity index (χ0v) is 14.3. The zero-order chi connectivity index (χ0) is 17.2. The molecule has 1 aromatic heterocycles. The third-order valence-electron chi connectivity index (χ3n) is 3.36. The van der Waals surface area contributed by atoms with Gasteiger partial charge in [0.25, 0.3) is 10.0 Å². The van der Waals surface area contributed by atoms with E-state index in [0.29, 0.717) is 22.6 Å². The number of hydrogen-bond acceptors (Lipinski definition) is 5. The SMILES string of the molecule is CCOC(=O)c1ccc(NS(=O)(=O)c2c(C)nn(C)c2C)cc1. The fourth-order valence-electron chi connectivity index (χ4n) is 2.24. The number of sulfonamides is 1. The molecule has 7 nitrogen and oxygen atoms in total. The van der Waals surface area contributed by atoms with Crippen LogP contribution in [0.25, 0.3) is 0 Å². The van der Waals surface area contributed by atoms with Crippen molar-refractivity contribution in [3.8, 4) is 0 Å². The first-order chi connectivity index (χ1) is 10.8. The number of esters is 1. The van der Waals surface area contributed by atoms with Crippen LogP contribution in [0, 0.1) is 13.8 Å². The van der Waals surface area contributed by atoms with Gasteiger partial charge in [-0.25, -0.2) is 13.2 Å². The summed E-state index contributed by atoms with van der Waals surface area (Å²) in [4.78, 5) is 11.7. The first kappa shape index (κ1) is 17.0. The summed E-state index contributed by atoms with van der Waals surface area (Å²) in [6.07, 6.45) is 0. The standard InChI is InChI=1S/C15H19N3O4S/c1-5-22-15(19)12-6-8-13(9-7-12)17-23(20,21)14-10(2)16-18(4)11(14)3/h6-9,17H,5H2,1-4H3. The molecule has 0 atom stereocenters. The van der Waals surface area contributed by atoms with Gasteiger partial charge in [0.1, 0.15) is 4.90 Å². The molecule has 0 spiro atoms. The largest absolute Gasteiger partial charge is 0.462 e. The van der Waals surface area contributed by atoms with Crippen molar-refractivity contribution in [2.75, 3.05) is 11.3 Å². The van der Waals surface area contributed by atoms with Crippen molar-refractivity contribution in [3.63, 3.8) is 0 Å². The van der Waals surface area contributed by atoms with Crippen LogP contribution in [-0.4, -0.2) is 30.8 Å². The Hall–Kier alpha value is -2.35. The number of nitrogens with one attached hydrogen (secondary N) is 1. The second kappa shape index (κ2) is 6.41. The Kier molecular flexibility index (Phi) is 4.74. The van der Waals surface area contributed by atoms with Crippen LogP contribution in [0.4, 0.5) is 5.69 Å². The van der Waals surface area contributed by atoms with Crippen molar-refractivity contribution in [2.45, 2.75) is 25.7 Å². The van der Waals surface area contributed by atoms with Gasteiger partial charge in [-0.2, -0.15) is 5.10 Å². The number of ether oxygens (including phenoxy) is 1. The number of hydrogen-bond donors (Lipinski definition) is 1. The fourth-order valence-corrected chi connectivity index (χ4v) is 3.74. The lowest BCUT2D eigenvalue weighted by Gasteiger charge is -2.09. The van der Waals surface area contributed by atoms with Gasteiger partial charge in [0.15, 0.2) is 0 Å². The van der Waals surface area contributed by atoms with Gasteiger partial charge in [-0.05, 0) is 45.0 Å². The number of rotatable bonds is 5. The lowest BCUT2D eigenvalue weighted by atomic mass is 10.2. The Balaban J connectivity index is 2.26. The molecule has 0 bridgehead atoms. The van der Waals surface area contributed by atoms with E-state index in [9.17, 15) is 13.2 Å². The van der Waals surface area contributed by atoms with Crippen LogP contribution in [0.3, 0.4) is 0 Å². The van der Waals surface area contributed by atoms with E-state index in [1.807, 2.05) is 0 Å². The van der Waals surface area contributed by atoms with E-state index in [0.717, 1.165) is 0 Å². The molecule has 0 aliphatic carbocycles. The van der Waals surface area contributed by atoms with Crippen molar-refractivity contribution in [2.24, 2.45) is 7.05 Å². The van der Waals surface area contributed by atoms with Crippen LogP contribution in [-0.2, 0) is 21.8 Å². The van der Waals surface area contributed by atoms with Gasteiger partial charge in [-0.15, -0.1) is 0 Å². The highest BCUT2D eigenvalue weighted by Gasteiger charge is 2.23. The molecule has 2 aromatic rings. The van der Waals surface area contributed by atoms with Gasteiger partial charge < -0.3 is 4.74 Å². The molecule has 0 fully saturated rings. The average molecular weight is 337 g/mol. The van der Waals surface area contributed by atoms with Gasteiger partial charge >= 0.3 is 5.97 Å². The lowest BCUT2D eigenvalue weighted by molar-refractivity contribution is 0.0526. The second-order valence-corrected chi connectivity index (χ2v) is 6.65. The zero-order valence-electron chi connectivity index (χ0n) is 13.5. The van der Waals surface area contributed by atoms with Gasteiger partial charge in [-0.3, -0.25) is 9.40 Å². The molecule has 0 aliphatic rings. The monoisotopic (exact) mass is 337 g/mol. The smallest absolute Gasteiger partial charge is 0.338 e. The molecule has 2 rings (SSSR count). The van der Waals surface area contributed by atoms with E-state index in [2.05, 4.69) is 9.82 Å². The molecule has 1 heterocycles. The van der Waals surface area contributed by atoms with Crippen molar-refractivity contribution in [1.82, 2.24) is 9.78 Å². The van der Waals surface area contributed by atoms with E-state index < -0.39 is 16.0 Å². The summed E-state index contributed by atoms with van der Waals surface area (Å²) in [7, 11) is -2.06. The number of aromatic nitrogens is 2. The highest BCUT2D eigenvalue weighted by Crippen LogP contribution is 2.22. The third kappa shape index (κ3) is 3.53. The Labute approximate surface area is 135 Å². The number of aryl methyl sites for hydroxylation is 2. The van der Waals surface area contributed by atoms with Gasteiger partial charge in [-0.1, -0.05) is 0 Å². The number of benzene rings is 1. The molecule has 0 amide bonds. The number of anilines is 1. The molecule has 0 unspecified atom stereocenters. The topological polar surface area (TPSA) is 90.3 Å².